The summed E-state index contributed by atoms with van der Waals surface area (Å²) >= 11 is 5.33. The highest BCUT2D eigenvalue weighted by atomic mass is 32.1. The Morgan fingerprint density at radius 1 is 1.05 bits per heavy atom. The first-order valence-electron chi connectivity index (χ1n) is 6.53. The molecule has 0 saturated heterocycles. The summed E-state index contributed by atoms with van der Waals surface area (Å²) in [7, 11) is 1.65. The van der Waals surface area contributed by atoms with E-state index in [1.54, 1.807) is 7.11 Å². The van der Waals surface area contributed by atoms with Gasteiger partial charge in [-0.1, -0.05) is 25.1 Å². The Morgan fingerprint density at radius 2 is 1.75 bits per heavy atom. The molecule has 0 radical (unpaired) electrons. The Hall–Kier alpha value is -2.07. The second-order valence-corrected chi connectivity index (χ2v) is 4.73. The largest absolute Gasteiger partial charge is 0.497 e. The summed E-state index contributed by atoms with van der Waals surface area (Å²) in [5, 5.41) is 6.97. The Bertz CT molecular complexity index is 581. The maximum absolute atomic E-state index is 5.33. The molecule has 0 saturated carbocycles. The fraction of sp³-hybridized carbons (Fsp3) is 0.188. The van der Waals surface area contributed by atoms with Gasteiger partial charge in [0, 0.05) is 11.4 Å². The number of rotatable bonds is 4. The van der Waals surface area contributed by atoms with E-state index in [0.29, 0.717) is 5.11 Å². The zero-order valence-corrected chi connectivity index (χ0v) is 12.5. The SMILES string of the molecule is CCc1ccccc1NC(=S)Nc1ccc(OC)cc1. The van der Waals surface area contributed by atoms with Gasteiger partial charge in [0.15, 0.2) is 5.11 Å². The van der Waals surface area contributed by atoms with Crippen LogP contribution in [0.3, 0.4) is 0 Å². The van der Waals surface area contributed by atoms with Gasteiger partial charge < -0.3 is 15.4 Å². The van der Waals surface area contributed by atoms with E-state index in [0.717, 1.165) is 23.5 Å². The standard InChI is InChI=1S/C16H18N2OS/c1-3-12-6-4-5-7-15(12)18-16(20)17-13-8-10-14(19-2)11-9-13/h4-11H,3H2,1-2H3,(H2,17,18,20). The van der Waals surface area contributed by atoms with Crippen molar-refractivity contribution in [3.63, 3.8) is 0 Å². The molecule has 0 aliphatic carbocycles. The van der Waals surface area contributed by atoms with Gasteiger partial charge >= 0.3 is 0 Å². The van der Waals surface area contributed by atoms with E-state index in [4.69, 9.17) is 17.0 Å². The Labute approximate surface area is 125 Å². The summed E-state index contributed by atoms with van der Waals surface area (Å²) in [6.07, 6.45) is 0.967. The lowest BCUT2D eigenvalue weighted by atomic mass is 10.1. The number of anilines is 2. The average molecular weight is 286 g/mol. The molecule has 0 heterocycles. The van der Waals surface area contributed by atoms with Crippen molar-refractivity contribution in [3.05, 3.63) is 54.1 Å². The number of aryl methyl sites for hydroxylation is 1. The maximum Gasteiger partial charge on any atom is 0.175 e. The summed E-state index contributed by atoms with van der Waals surface area (Å²) in [6.45, 7) is 2.13. The summed E-state index contributed by atoms with van der Waals surface area (Å²) in [5.41, 5.74) is 3.21. The van der Waals surface area contributed by atoms with Gasteiger partial charge in [-0.25, -0.2) is 0 Å². The van der Waals surface area contributed by atoms with Crippen LogP contribution < -0.4 is 15.4 Å². The minimum Gasteiger partial charge on any atom is -0.497 e. The van der Waals surface area contributed by atoms with Crippen LogP contribution in [0.5, 0.6) is 5.75 Å². The van der Waals surface area contributed by atoms with E-state index in [1.807, 2.05) is 42.5 Å². The Kier molecular flexibility index (Phi) is 4.96. The van der Waals surface area contributed by atoms with Gasteiger partial charge in [-0.3, -0.25) is 0 Å². The predicted molar refractivity (Wildman–Crippen MR) is 88.7 cm³/mol. The lowest BCUT2D eigenvalue weighted by Gasteiger charge is -2.13. The van der Waals surface area contributed by atoms with Crippen molar-refractivity contribution in [2.75, 3.05) is 17.7 Å². The number of hydrogen-bond acceptors (Lipinski definition) is 2. The Balaban J connectivity index is 2.01. The lowest BCUT2D eigenvalue weighted by Crippen LogP contribution is -2.19. The van der Waals surface area contributed by atoms with E-state index in [-0.39, 0.29) is 0 Å². The van der Waals surface area contributed by atoms with Crippen molar-refractivity contribution in [2.45, 2.75) is 13.3 Å². The van der Waals surface area contributed by atoms with Crippen LogP contribution in [-0.4, -0.2) is 12.2 Å². The van der Waals surface area contributed by atoms with Crippen molar-refractivity contribution < 1.29 is 4.74 Å². The molecule has 20 heavy (non-hydrogen) atoms. The zero-order chi connectivity index (χ0) is 14.4. The molecule has 0 fully saturated rings. The molecule has 2 N–H and O–H groups in total. The fourth-order valence-electron chi connectivity index (χ4n) is 1.91. The number of hydrogen-bond donors (Lipinski definition) is 2. The molecule has 104 valence electrons. The van der Waals surface area contributed by atoms with E-state index in [1.165, 1.54) is 5.56 Å². The van der Waals surface area contributed by atoms with Crippen molar-refractivity contribution in [3.8, 4) is 5.75 Å². The van der Waals surface area contributed by atoms with Crippen molar-refractivity contribution in [1.29, 1.82) is 0 Å². The maximum atomic E-state index is 5.33. The van der Waals surface area contributed by atoms with Gasteiger partial charge in [-0.15, -0.1) is 0 Å². The van der Waals surface area contributed by atoms with Crippen LogP contribution in [0.2, 0.25) is 0 Å². The number of thiocarbonyl (C=S) groups is 1. The first-order chi connectivity index (χ1) is 9.72. The third-order valence-corrected chi connectivity index (χ3v) is 3.20. The van der Waals surface area contributed by atoms with Crippen LogP contribution in [0.1, 0.15) is 12.5 Å². The molecule has 0 aromatic heterocycles. The van der Waals surface area contributed by atoms with Gasteiger partial charge in [0.05, 0.1) is 7.11 Å². The summed E-state index contributed by atoms with van der Waals surface area (Å²) < 4.78 is 5.12. The van der Waals surface area contributed by atoms with Crippen molar-refractivity contribution in [2.24, 2.45) is 0 Å². The normalized spacial score (nSPS) is 9.90. The number of nitrogens with one attached hydrogen (secondary N) is 2. The molecular formula is C16H18N2OS. The molecular weight excluding hydrogens is 268 g/mol. The highest BCUT2D eigenvalue weighted by Crippen LogP contribution is 2.18. The minimum absolute atomic E-state index is 0.580. The molecule has 3 nitrogen and oxygen atoms in total. The van der Waals surface area contributed by atoms with Gasteiger partial charge in [-0.05, 0) is 54.5 Å². The van der Waals surface area contributed by atoms with Crippen LogP contribution in [0, 0.1) is 0 Å². The van der Waals surface area contributed by atoms with E-state index < -0.39 is 0 Å². The number of ether oxygens (including phenoxy) is 1. The van der Waals surface area contributed by atoms with Crippen LogP contribution in [-0.2, 0) is 6.42 Å². The van der Waals surface area contributed by atoms with Crippen LogP contribution in [0.15, 0.2) is 48.5 Å². The fourth-order valence-corrected chi connectivity index (χ4v) is 2.14. The topological polar surface area (TPSA) is 33.3 Å². The first kappa shape index (κ1) is 14.3. The highest BCUT2D eigenvalue weighted by Gasteiger charge is 2.02. The summed E-state index contributed by atoms with van der Waals surface area (Å²) in [5.74, 6) is 0.825. The first-order valence-corrected chi connectivity index (χ1v) is 6.93. The van der Waals surface area contributed by atoms with Crippen LogP contribution >= 0.6 is 12.2 Å². The van der Waals surface area contributed by atoms with Gasteiger partial charge in [0.25, 0.3) is 0 Å². The van der Waals surface area contributed by atoms with Gasteiger partial charge in [-0.2, -0.15) is 0 Å². The van der Waals surface area contributed by atoms with Gasteiger partial charge in [0.2, 0.25) is 0 Å². The van der Waals surface area contributed by atoms with Crippen LogP contribution in [0.25, 0.3) is 0 Å². The van der Waals surface area contributed by atoms with E-state index in [2.05, 4.69) is 23.6 Å². The Morgan fingerprint density at radius 3 is 2.40 bits per heavy atom. The van der Waals surface area contributed by atoms with Crippen molar-refractivity contribution in [1.82, 2.24) is 0 Å². The molecule has 0 amide bonds. The third-order valence-electron chi connectivity index (χ3n) is 2.99. The number of methoxy groups -OCH3 is 1. The monoisotopic (exact) mass is 286 g/mol. The van der Waals surface area contributed by atoms with Crippen LogP contribution in [0.4, 0.5) is 11.4 Å². The predicted octanol–water partition coefficient (Wildman–Crippen LogP) is 4.07. The molecule has 4 heteroatoms. The van der Waals surface area contributed by atoms with Gasteiger partial charge in [0.1, 0.15) is 5.75 Å². The second-order valence-electron chi connectivity index (χ2n) is 4.32. The molecule has 0 aliphatic heterocycles. The molecule has 2 rings (SSSR count). The highest BCUT2D eigenvalue weighted by molar-refractivity contribution is 7.80. The quantitative estimate of drug-likeness (QED) is 0.830. The second kappa shape index (κ2) is 6.91. The third kappa shape index (κ3) is 3.71. The van der Waals surface area contributed by atoms with Crippen molar-refractivity contribution >= 4 is 28.7 Å². The summed E-state index contributed by atoms with van der Waals surface area (Å²) in [4.78, 5) is 0. The molecule has 0 spiro atoms. The minimum atomic E-state index is 0.580. The molecule has 2 aromatic carbocycles. The molecule has 2 aromatic rings. The molecule has 0 aliphatic rings. The zero-order valence-electron chi connectivity index (χ0n) is 11.6. The number of para-hydroxylation sites is 1. The smallest absolute Gasteiger partial charge is 0.175 e. The lowest BCUT2D eigenvalue weighted by molar-refractivity contribution is 0.415. The average Bonchev–Trinajstić information content (AvgIpc) is 2.48. The van der Waals surface area contributed by atoms with E-state index >= 15 is 0 Å². The number of benzene rings is 2. The van der Waals surface area contributed by atoms with E-state index in [9.17, 15) is 0 Å². The summed E-state index contributed by atoms with van der Waals surface area (Å²) in [6, 6.07) is 15.8. The molecule has 0 bridgehead atoms. The molecule has 0 atom stereocenters. The molecule has 0 unspecified atom stereocenters.